The maximum Gasteiger partial charge on any atom is 0.325 e. The van der Waals surface area contributed by atoms with Gasteiger partial charge in [-0.1, -0.05) is 0 Å². The first-order valence-electron chi connectivity index (χ1n) is 13.5. The number of esters is 1. The number of nitrogens with one attached hydrogen (secondary N) is 2. The Balaban J connectivity index is 1.05. The number of nitrogens with zero attached hydrogens (tertiary/aromatic N) is 1. The molecule has 6 aliphatic rings. The van der Waals surface area contributed by atoms with Crippen LogP contribution in [0.4, 0.5) is 4.79 Å². The fraction of sp³-hybridized carbons (Fsp3) is 0.654. The summed E-state index contributed by atoms with van der Waals surface area (Å²) in [7, 11) is -4.21. The van der Waals surface area contributed by atoms with Crippen LogP contribution >= 0.6 is 0 Å². The van der Waals surface area contributed by atoms with Crippen molar-refractivity contribution in [3.05, 3.63) is 18.2 Å². The predicted octanol–water partition coefficient (Wildman–Crippen LogP) is 0.919. The van der Waals surface area contributed by atoms with Crippen molar-refractivity contribution in [3.63, 3.8) is 0 Å². The van der Waals surface area contributed by atoms with E-state index in [1.165, 1.54) is 37.5 Å². The van der Waals surface area contributed by atoms with Gasteiger partial charge in [0.15, 0.2) is 18.1 Å². The minimum Gasteiger partial charge on any atom is -0.486 e. The van der Waals surface area contributed by atoms with Gasteiger partial charge in [-0.15, -0.1) is 0 Å². The summed E-state index contributed by atoms with van der Waals surface area (Å²) in [6.07, 6.45) is 5.15. The number of aliphatic hydroxyl groups is 1. The third-order valence-corrected chi connectivity index (χ3v) is 10.5. The Morgan fingerprint density at radius 3 is 2.31 bits per heavy atom. The minimum absolute atomic E-state index is 0.127. The largest absolute Gasteiger partial charge is 0.486 e. The molecule has 2 heterocycles. The fourth-order valence-corrected chi connectivity index (χ4v) is 9.16. The second kappa shape index (κ2) is 9.93. The van der Waals surface area contributed by atoms with Crippen molar-refractivity contribution in [3.8, 4) is 11.5 Å². The molecule has 12 nitrogen and oxygen atoms in total. The summed E-state index contributed by atoms with van der Waals surface area (Å²) < 4.78 is 43.5. The molecule has 212 valence electrons. The van der Waals surface area contributed by atoms with Crippen LogP contribution in [-0.4, -0.2) is 79.8 Å². The van der Waals surface area contributed by atoms with E-state index < -0.39 is 46.7 Å². The zero-order chi connectivity index (χ0) is 27.4. The number of ether oxygens (including phenoxy) is 3. The normalized spacial score (nSPS) is 33.0. The number of β-amino-alcohol motifs (C(OH)–C–C–N with tert-alkyl or cyclic N) is 1. The first kappa shape index (κ1) is 26.3. The van der Waals surface area contributed by atoms with Gasteiger partial charge in [0.1, 0.15) is 19.3 Å². The van der Waals surface area contributed by atoms with Gasteiger partial charge < -0.3 is 24.6 Å². The van der Waals surface area contributed by atoms with Gasteiger partial charge in [-0.25, -0.2) is 13.2 Å². The van der Waals surface area contributed by atoms with Gasteiger partial charge in [0.2, 0.25) is 10.0 Å². The van der Waals surface area contributed by atoms with Gasteiger partial charge >= 0.3 is 12.0 Å². The molecular weight excluding hydrogens is 530 g/mol. The zero-order valence-corrected chi connectivity index (χ0v) is 22.3. The minimum atomic E-state index is -4.21. The maximum atomic E-state index is 13.3. The molecular formula is C26H33N3O9S. The molecule has 4 aliphatic carbocycles. The molecule has 0 unspecified atom stereocenters. The average Bonchev–Trinajstić information content (AvgIpc) is 3.28. The highest BCUT2D eigenvalue weighted by atomic mass is 32.2. The van der Waals surface area contributed by atoms with Gasteiger partial charge in [-0.05, 0) is 68.4 Å². The molecule has 0 aromatic heterocycles. The number of benzene rings is 1. The topological polar surface area (TPSA) is 161 Å². The quantitative estimate of drug-likeness (QED) is 0.428. The lowest BCUT2D eigenvalue weighted by Gasteiger charge is -2.56. The highest BCUT2D eigenvalue weighted by Gasteiger charge is 2.51. The Morgan fingerprint density at radius 1 is 1.00 bits per heavy atom. The molecule has 0 spiro atoms. The number of rotatable bonds is 6. The third-order valence-electron chi connectivity index (χ3n) is 8.64. The fourth-order valence-electron chi connectivity index (χ4n) is 7.52. The Morgan fingerprint density at radius 2 is 1.64 bits per heavy atom. The summed E-state index contributed by atoms with van der Waals surface area (Å²) in [4.78, 5) is 37.7. The number of sulfonamides is 1. The number of amides is 3. The Labute approximate surface area is 226 Å². The summed E-state index contributed by atoms with van der Waals surface area (Å²) in [6, 6.07) is 2.18. The molecule has 4 saturated carbocycles. The first-order chi connectivity index (χ1) is 18.6. The van der Waals surface area contributed by atoms with Crippen LogP contribution in [0.5, 0.6) is 11.5 Å². The lowest BCUT2D eigenvalue weighted by molar-refractivity contribution is -0.151. The molecule has 39 heavy (non-hydrogen) atoms. The molecule has 1 aromatic carbocycles. The van der Waals surface area contributed by atoms with Crippen LogP contribution in [0.15, 0.2) is 23.1 Å². The Hall–Kier alpha value is -2.90. The van der Waals surface area contributed by atoms with Crippen molar-refractivity contribution in [2.24, 2.45) is 17.8 Å². The average molecular weight is 564 g/mol. The standard InChI is InChI=1S/C26H33N3O9S/c30-18-8-20(29(13-18)39(34,35)19-1-2-21-22(9-19)37-4-3-36-21)24(32)38-14-23(31)27-25(33)28-26-10-15-5-16(11-26)7-17(6-15)12-26/h1-2,9,15-18,20,30H,3-8,10-14H2,(H2,27,28,31,33)/t15?,16?,17?,18-,20-,26?/m1/s1. The van der Waals surface area contributed by atoms with E-state index in [1.54, 1.807) is 0 Å². The van der Waals surface area contributed by atoms with Crippen molar-refractivity contribution in [2.45, 2.75) is 67.5 Å². The first-order valence-corrected chi connectivity index (χ1v) is 14.9. The zero-order valence-electron chi connectivity index (χ0n) is 21.5. The molecule has 2 atom stereocenters. The third kappa shape index (κ3) is 5.19. The monoisotopic (exact) mass is 563 g/mol. The van der Waals surface area contributed by atoms with E-state index in [2.05, 4.69) is 10.6 Å². The maximum absolute atomic E-state index is 13.3. The summed E-state index contributed by atoms with van der Waals surface area (Å²) >= 11 is 0. The summed E-state index contributed by atoms with van der Waals surface area (Å²) in [5.41, 5.74) is -0.279. The highest BCUT2D eigenvalue weighted by molar-refractivity contribution is 7.89. The van der Waals surface area contributed by atoms with Gasteiger partial charge in [0, 0.05) is 24.6 Å². The second-order valence-electron chi connectivity index (χ2n) is 11.6. The van der Waals surface area contributed by atoms with E-state index in [9.17, 15) is 27.9 Å². The summed E-state index contributed by atoms with van der Waals surface area (Å²) in [5, 5.41) is 15.4. The number of aliphatic hydroxyl groups excluding tert-OH is 1. The molecule has 0 radical (unpaired) electrons. The number of urea groups is 1. The Kier molecular flexibility index (Phi) is 6.71. The predicted molar refractivity (Wildman–Crippen MR) is 134 cm³/mol. The number of carbonyl (C=O) groups excluding carboxylic acids is 3. The van der Waals surface area contributed by atoms with Gasteiger partial charge in [0.05, 0.1) is 11.0 Å². The van der Waals surface area contributed by atoms with Crippen LogP contribution in [0.3, 0.4) is 0 Å². The second-order valence-corrected chi connectivity index (χ2v) is 13.5. The van der Waals surface area contributed by atoms with Crippen molar-refractivity contribution >= 4 is 27.9 Å². The van der Waals surface area contributed by atoms with Crippen LogP contribution in [0.25, 0.3) is 0 Å². The van der Waals surface area contributed by atoms with Crippen LogP contribution in [0.1, 0.15) is 44.9 Å². The number of hydrogen-bond donors (Lipinski definition) is 3. The van der Waals surface area contributed by atoms with Gasteiger partial charge in [-0.3, -0.25) is 14.9 Å². The Bertz CT molecular complexity index is 1250. The van der Waals surface area contributed by atoms with Crippen molar-refractivity contribution in [2.75, 3.05) is 26.4 Å². The lowest BCUT2D eigenvalue weighted by Crippen LogP contribution is -2.62. The summed E-state index contributed by atoms with van der Waals surface area (Å²) in [6.45, 7) is -0.437. The number of imide groups is 1. The van der Waals surface area contributed by atoms with Crippen LogP contribution in [-0.2, 0) is 24.3 Å². The van der Waals surface area contributed by atoms with E-state index in [0.29, 0.717) is 30.1 Å². The lowest BCUT2D eigenvalue weighted by atomic mass is 9.53. The molecule has 13 heteroatoms. The molecule has 2 aliphatic heterocycles. The number of hydrogen-bond acceptors (Lipinski definition) is 9. The van der Waals surface area contributed by atoms with Gasteiger partial charge in [0.25, 0.3) is 5.91 Å². The molecule has 1 saturated heterocycles. The van der Waals surface area contributed by atoms with Crippen LogP contribution in [0, 0.1) is 17.8 Å². The van der Waals surface area contributed by atoms with E-state index in [0.717, 1.165) is 23.6 Å². The van der Waals surface area contributed by atoms with Crippen molar-refractivity contribution in [1.82, 2.24) is 14.9 Å². The van der Waals surface area contributed by atoms with Crippen LogP contribution < -0.4 is 20.1 Å². The molecule has 5 fully saturated rings. The summed E-state index contributed by atoms with van der Waals surface area (Å²) in [5.74, 6) is 0.749. The van der Waals surface area contributed by atoms with Gasteiger partial charge in [-0.2, -0.15) is 4.31 Å². The molecule has 4 bridgehead atoms. The van der Waals surface area contributed by atoms with E-state index in [-0.39, 0.29) is 35.8 Å². The number of fused-ring (bicyclic) bond motifs is 1. The van der Waals surface area contributed by atoms with E-state index >= 15 is 0 Å². The number of carbonyl (C=O) groups is 3. The molecule has 3 N–H and O–H groups in total. The van der Waals surface area contributed by atoms with Crippen molar-refractivity contribution in [1.29, 1.82) is 0 Å². The molecule has 1 aromatic rings. The van der Waals surface area contributed by atoms with E-state index in [4.69, 9.17) is 14.2 Å². The highest BCUT2D eigenvalue weighted by Crippen LogP contribution is 2.55. The molecule has 3 amide bonds. The van der Waals surface area contributed by atoms with Crippen molar-refractivity contribution < 1.29 is 42.1 Å². The van der Waals surface area contributed by atoms with E-state index in [1.807, 2.05) is 0 Å². The molecule has 7 rings (SSSR count). The SMILES string of the molecule is O=C(COC(=O)[C@H]1C[C@@H](O)CN1S(=O)(=O)c1ccc2c(c1)OCCO2)NC(=O)NC12CC3CC(CC(C3)C1)C2. The van der Waals surface area contributed by atoms with Crippen LogP contribution in [0.2, 0.25) is 0 Å². The smallest absolute Gasteiger partial charge is 0.325 e.